The number of nitrogens with zero attached hydrogens (tertiary/aromatic N) is 3. The standard InChI is InChI=1S/C24H26N4O/c1-27(21-12-17-3-4-18(13-21)26-17)19-5-7-22-16(11-19)15-29-24-14-20(6-8-23(22)24)28-10-2-9-25-28/h2,5-11,14,17-18,21,26H,3-4,12-13,15H2,1H3/t17-,18+,21?. The van der Waals surface area contributed by atoms with E-state index in [0.717, 1.165) is 17.0 Å². The van der Waals surface area contributed by atoms with E-state index in [1.54, 1.807) is 6.20 Å². The molecule has 3 aliphatic rings. The van der Waals surface area contributed by atoms with Gasteiger partial charge in [-0.25, -0.2) is 4.68 Å². The molecule has 0 amide bonds. The molecule has 5 heteroatoms. The number of hydrogen-bond donors (Lipinski definition) is 1. The fourth-order valence-electron chi connectivity index (χ4n) is 5.31. The van der Waals surface area contributed by atoms with Gasteiger partial charge in [0.05, 0.1) is 5.69 Å². The summed E-state index contributed by atoms with van der Waals surface area (Å²) in [6.07, 6.45) is 8.92. The molecule has 6 rings (SSSR count). The Bertz CT molecular complexity index is 1030. The van der Waals surface area contributed by atoms with Crippen molar-refractivity contribution in [3.05, 3.63) is 60.4 Å². The first kappa shape index (κ1) is 17.1. The van der Waals surface area contributed by atoms with Gasteiger partial charge in [-0.1, -0.05) is 6.07 Å². The highest BCUT2D eigenvalue weighted by Crippen LogP contribution is 2.40. The van der Waals surface area contributed by atoms with E-state index in [2.05, 4.69) is 58.8 Å². The van der Waals surface area contributed by atoms with Gasteiger partial charge in [-0.3, -0.25) is 0 Å². The largest absolute Gasteiger partial charge is 0.488 e. The average molecular weight is 386 g/mol. The number of rotatable bonds is 3. The first-order valence-electron chi connectivity index (χ1n) is 10.6. The third-order valence-electron chi connectivity index (χ3n) is 6.90. The van der Waals surface area contributed by atoms with Gasteiger partial charge in [0, 0.05) is 54.9 Å². The van der Waals surface area contributed by atoms with Crippen LogP contribution in [0.5, 0.6) is 5.75 Å². The van der Waals surface area contributed by atoms with Crippen LogP contribution in [-0.4, -0.2) is 35.0 Å². The van der Waals surface area contributed by atoms with Crippen molar-refractivity contribution in [2.75, 3.05) is 11.9 Å². The number of aromatic nitrogens is 2. The van der Waals surface area contributed by atoms with Crippen molar-refractivity contribution in [1.29, 1.82) is 0 Å². The van der Waals surface area contributed by atoms with Crippen LogP contribution in [0.3, 0.4) is 0 Å². The van der Waals surface area contributed by atoms with Crippen molar-refractivity contribution < 1.29 is 4.74 Å². The maximum atomic E-state index is 6.14. The second-order valence-corrected chi connectivity index (χ2v) is 8.64. The van der Waals surface area contributed by atoms with Crippen molar-refractivity contribution in [1.82, 2.24) is 15.1 Å². The molecule has 0 aliphatic carbocycles. The van der Waals surface area contributed by atoms with E-state index in [1.165, 1.54) is 42.5 Å². The van der Waals surface area contributed by atoms with E-state index < -0.39 is 0 Å². The van der Waals surface area contributed by atoms with Crippen LogP contribution in [0.25, 0.3) is 16.8 Å². The lowest BCUT2D eigenvalue weighted by molar-refractivity contribution is 0.302. The zero-order valence-electron chi connectivity index (χ0n) is 16.7. The Kier molecular flexibility index (Phi) is 3.91. The van der Waals surface area contributed by atoms with E-state index in [4.69, 9.17) is 4.74 Å². The van der Waals surface area contributed by atoms with E-state index in [9.17, 15) is 0 Å². The molecule has 1 aromatic heterocycles. The topological polar surface area (TPSA) is 42.3 Å². The molecule has 4 heterocycles. The summed E-state index contributed by atoms with van der Waals surface area (Å²) in [4.78, 5) is 2.49. The Hall–Kier alpha value is -2.79. The summed E-state index contributed by atoms with van der Waals surface area (Å²) in [6, 6.07) is 17.2. The third kappa shape index (κ3) is 2.92. The van der Waals surface area contributed by atoms with Crippen LogP contribution in [0.15, 0.2) is 54.9 Å². The lowest BCUT2D eigenvalue weighted by atomic mass is 9.94. The number of nitrogens with one attached hydrogen (secondary N) is 1. The summed E-state index contributed by atoms with van der Waals surface area (Å²) in [5.74, 6) is 0.932. The number of fused-ring (bicyclic) bond motifs is 5. The second-order valence-electron chi connectivity index (χ2n) is 8.64. The first-order chi connectivity index (χ1) is 14.2. The molecular weight excluding hydrogens is 360 g/mol. The van der Waals surface area contributed by atoms with E-state index >= 15 is 0 Å². The van der Waals surface area contributed by atoms with Crippen LogP contribution in [0.4, 0.5) is 5.69 Å². The van der Waals surface area contributed by atoms with E-state index in [1.807, 2.05) is 16.9 Å². The fourth-order valence-corrected chi connectivity index (χ4v) is 5.31. The molecule has 0 radical (unpaired) electrons. The molecule has 2 fully saturated rings. The molecule has 2 saturated heterocycles. The molecule has 1 unspecified atom stereocenters. The normalized spacial score (nSPS) is 24.5. The number of hydrogen-bond acceptors (Lipinski definition) is 4. The smallest absolute Gasteiger partial charge is 0.129 e. The van der Waals surface area contributed by atoms with Gasteiger partial charge in [-0.15, -0.1) is 0 Å². The lowest BCUT2D eigenvalue weighted by Crippen LogP contribution is -2.47. The Balaban J connectivity index is 1.29. The van der Waals surface area contributed by atoms with E-state index in [-0.39, 0.29) is 0 Å². The molecule has 0 spiro atoms. The van der Waals surface area contributed by atoms with Crippen LogP contribution in [0.2, 0.25) is 0 Å². The van der Waals surface area contributed by atoms with Crippen LogP contribution < -0.4 is 15.0 Å². The van der Waals surface area contributed by atoms with Crippen molar-refractivity contribution >= 4 is 5.69 Å². The molecule has 1 N–H and O–H groups in total. The number of piperidine rings is 1. The van der Waals surface area contributed by atoms with Gasteiger partial charge in [-0.2, -0.15) is 5.10 Å². The molecule has 3 atom stereocenters. The molecular formula is C24H26N4O. The number of ether oxygens (including phenoxy) is 1. The molecule has 29 heavy (non-hydrogen) atoms. The summed E-state index contributed by atoms with van der Waals surface area (Å²) >= 11 is 0. The highest BCUT2D eigenvalue weighted by Gasteiger charge is 2.35. The number of benzene rings is 2. The predicted octanol–water partition coefficient (Wildman–Crippen LogP) is 4.15. The Morgan fingerprint density at radius 1 is 1.07 bits per heavy atom. The van der Waals surface area contributed by atoms with Crippen molar-refractivity contribution in [3.8, 4) is 22.6 Å². The Labute approximate surface area is 171 Å². The first-order valence-corrected chi connectivity index (χ1v) is 10.6. The fraction of sp³-hybridized carbons (Fsp3) is 0.375. The van der Waals surface area contributed by atoms with Gasteiger partial charge in [0.2, 0.25) is 0 Å². The molecule has 0 saturated carbocycles. The third-order valence-corrected chi connectivity index (χ3v) is 6.90. The maximum Gasteiger partial charge on any atom is 0.129 e. The van der Waals surface area contributed by atoms with Crippen molar-refractivity contribution in [2.45, 2.75) is 50.4 Å². The highest BCUT2D eigenvalue weighted by molar-refractivity contribution is 5.78. The minimum absolute atomic E-state index is 0.615. The summed E-state index contributed by atoms with van der Waals surface area (Å²) in [6.45, 7) is 0.615. The van der Waals surface area contributed by atoms with Gasteiger partial charge in [0.15, 0.2) is 0 Å². The highest BCUT2D eigenvalue weighted by atomic mass is 16.5. The van der Waals surface area contributed by atoms with Crippen molar-refractivity contribution in [2.24, 2.45) is 0 Å². The molecule has 2 aromatic carbocycles. The zero-order chi connectivity index (χ0) is 19.4. The predicted molar refractivity (Wildman–Crippen MR) is 115 cm³/mol. The summed E-state index contributed by atoms with van der Waals surface area (Å²) in [5.41, 5.74) is 6.03. The van der Waals surface area contributed by atoms with Crippen LogP contribution in [0, 0.1) is 0 Å². The van der Waals surface area contributed by atoms with Gasteiger partial charge >= 0.3 is 0 Å². The molecule has 3 aromatic rings. The van der Waals surface area contributed by atoms with Gasteiger partial charge in [0.25, 0.3) is 0 Å². The monoisotopic (exact) mass is 386 g/mol. The Morgan fingerprint density at radius 3 is 2.69 bits per heavy atom. The average Bonchev–Trinajstić information content (AvgIpc) is 3.42. The van der Waals surface area contributed by atoms with Crippen molar-refractivity contribution in [3.63, 3.8) is 0 Å². The summed E-state index contributed by atoms with van der Waals surface area (Å²) in [7, 11) is 2.26. The van der Waals surface area contributed by atoms with Gasteiger partial charge in [0.1, 0.15) is 12.4 Å². The van der Waals surface area contributed by atoms with Gasteiger partial charge in [-0.05, 0) is 67.1 Å². The molecule has 5 nitrogen and oxygen atoms in total. The molecule has 148 valence electrons. The summed E-state index contributed by atoms with van der Waals surface area (Å²) < 4.78 is 8.01. The van der Waals surface area contributed by atoms with Crippen LogP contribution in [0.1, 0.15) is 31.2 Å². The SMILES string of the molecule is CN(c1ccc2c(c1)COc1cc(-n3cccn3)ccc1-2)C1C[C@H]2CC[C@@H](C1)N2. The van der Waals surface area contributed by atoms with E-state index in [0.29, 0.717) is 24.7 Å². The maximum absolute atomic E-state index is 6.14. The zero-order valence-corrected chi connectivity index (χ0v) is 16.7. The van der Waals surface area contributed by atoms with Crippen LogP contribution in [-0.2, 0) is 6.61 Å². The quantitative estimate of drug-likeness (QED) is 0.734. The summed E-state index contributed by atoms with van der Waals surface area (Å²) in [5, 5.41) is 8.07. The molecule has 2 bridgehead atoms. The lowest BCUT2D eigenvalue weighted by Gasteiger charge is -2.37. The van der Waals surface area contributed by atoms with Crippen LogP contribution >= 0.6 is 0 Å². The minimum Gasteiger partial charge on any atom is -0.488 e. The minimum atomic E-state index is 0.615. The number of anilines is 1. The molecule has 3 aliphatic heterocycles. The second kappa shape index (κ2) is 6.63. The van der Waals surface area contributed by atoms with Gasteiger partial charge < -0.3 is 15.0 Å². The Morgan fingerprint density at radius 2 is 1.90 bits per heavy atom.